The topological polar surface area (TPSA) is 87.2 Å². The van der Waals surface area contributed by atoms with Crippen molar-refractivity contribution in [3.05, 3.63) is 35.9 Å². The Morgan fingerprint density at radius 1 is 1.33 bits per heavy atom. The van der Waals surface area contributed by atoms with Crippen molar-refractivity contribution in [2.75, 3.05) is 13.1 Å². The van der Waals surface area contributed by atoms with Crippen molar-refractivity contribution in [3.63, 3.8) is 0 Å². The van der Waals surface area contributed by atoms with Gasteiger partial charge in [-0.3, -0.25) is 9.59 Å². The number of rotatable bonds is 8. The summed E-state index contributed by atoms with van der Waals surface area (Å²) in [5, 5.41) is 9.25. The van der Waals surface area contributed by atoms with Gasteiger partial charge in [0.05, 0.1) is 12.6 Å². The largest absolute Gasteiger partial charge is 0.368 e. The highest BCUT2D eigenvalue weighted by atomic mass is 16.2. The molecule has 0 aromatic heterocycles. The van der Waals surface area contributed by atoms with Crippen molar-refractivity contribution in [3.8, 4) is 6.07 Å². The second-order valence-electron chi connectivity index (χ2n) is 4.95. The molecule has 0 aliphatic rings. The van der Waals surface area contributed by atoms with Gasteiger partial charge < -0.3 is 10.6 Å². The van der Waals surface area contributed by atoms with E-state index in [0.717, 1.165) is 18.4 Å². The van der Waals surface area contributed by atoms with Gasteiger partial charge >= 0.3 is 0 Å². The van der Waals surface area contributed by atoms with E-state index in [1.54, 1.807) is 0 Å². The number of amides is 2. The number of primary amides is 1. The van der Waals surface area contributed by atoms with Gasteiger partial charge in [-0.05, 0) is 18.4 Å². The fraction of sp³-hybridized carbons (Fsp3) is 0.438. The van der Waals surface area contributed by atoms with Crippen molar-refractivity contribution in [2.45, 2.75) is 26.2 Å². The van der Waals surface area contributed by atoms with Crippen LogP contribution in [0.2, 0.25) is 0 Å². The van der Waals surface area contributed by atoms with Crippen LogP contribution >= 0.6 is 0 Å². The summed E-state index contributed by atoms with van der Waals surface area (Å²) in [6.45, 7) is 2.32. The highest BCUT2D eigenvalue weighted by molar-refractivity contribution is 5.86. The number of nitrogens with two attached hydrogens (primary N) is 1. The molecule has 1 atom stereocenters. The Balaban J connectivity index is 2.78. The third-order valence-electron chi connectivity index (χ3n) is 3.18. The number of nitrogens with zero attached hydrogens (tertiary/aromatic N) is 2. The van der Waals surface area contributed by atoms with Crippen LogP contribution in [0.15, 0.2) is 30.3 Å². The van der Waals surface area contributed by atoms with Crippen LogP contribution in [0, 0.1) is 17.2 Å². The van der Waals surface area contributed by atoms with Crippen LogP contribution < -0.4 is 5.73 Å². The minimum absolute atomic E-state index is 0.133. The Hall–Kier alpha value is -2.35. The van der Waals surface area contributed by atoms with Crippen LogP contribution in [0.25, 0.3) is 0 Å². The van der Waals surface area contributed by atoms with Crippen molar-refractivity contribution in [2.24, 2.45) is 11.7 Å². The van der Waals surface area contributed by atoms with Crippen molar-refractivity contribution < 1.29 is 9.59 Å². The highest BCUT2D eigenvalue weighted by Crippen LogP contribution is 2.12. The molecule has 21 heavy (non-hydrogen) atoms. The highest BCUT2D eigenvalue weighted by Gasteiger charge is 2.25. The molecule has 0 saturated heterocycles. The smallest absolute Gasteiger partial charge is 0.240 e. The van der Waals surface area contributed by atoms with E-state index in [2.05, 4.69) is 0 Å². The van der Waals surface area contributed by atoms with Crippen molar-refractivity contribution in [1.82, 2.24) is 4.90 Å². The quantitative estimate of drug-likeness (QED) is 0.785. The molecule has 0 aliphatic carbocycles. The molecule has 112 valence electrons. The maximum atomic E-state index is 12.4. The van der Waals surface area contributed by atoms with E-state index >= 15 is 0 Å². The van der Waals surface area contributed by atoms with E-state index in [4.69, 9.17) is 5.73 Å². The lowest BCUT2D eigenvalue weighted by atomic mass is 9.99. The molecule has 0 radical (unpaired) electrons. The predicted molar refractivity (Wildman–Crippen MR) is 79.9 cm³/mol. The molecule has 5 heteroatoms. The lowest BCUT2D eigenvalue weighted by Gasteiger charge is -2.23. The SMILES string of the molecule is CCCCN(CC(N)=O)C(=O)C(C#N)Cc1ccccc1. The Morgan fingerprint density at radius 3 is 2.52 bits per heavy atom. The average molecular weight is 287 g/mol. The first-order chi connectivity index (χ1) is 10.1. The van der Waals surface area contributed by atoms with Crippen LogP contribution in [0.5, 0.6) is 0 Å². The van der Waals surface area contributed by atoms with E-state index in [9.17, 15) is 14.9 Å². The Labute approximate surface area is 125 Å². The number of carbonyl (C=O) groups is 2. The number of hydrogen-bond acceptors (Lipinski definition) is 3. The van der Waals surface area contributed by atoms with E-state index in [1.165, 1.54) is 4.90 Å². The van der Waals surface area contributed by atoms with Gasteiger partial charge in [-0.2, -0.15) is 5.26 Å². The fourth-order valence-electron chi connectivity index (χ4n) is 2.06. The first-order valence-electron chi connectivity index (χ1n) is 7.09. The van der Waals surface area contributed by atoms with Gasteiger partial charge in [-0.25, -0.2) is 0 Å². The maximum Gasteiger partial charge on any atom is 0.240 e. The molecule has 1 aromatic carbocycles. The Bertz CT molecular complexity index is 508. The predicted octanol–water partition coefficient (Wildman–Crippen LogP) is 1.48. The standard InChI is InChI=1S/C16H21N3O2/c1-2-3-9-19(12-15(18)20)16(21)14(11-17)10-13-7-5-4-6-8-13/h4-8,14H,2-3,9-10,12H2,1H3,(H2,18,20). The fourth-order valence-corrected chi connectivity index (χ4v) is 2.06. The van der Waals surface area contributed by atoms with Gasteiger partial charge in [0.1, 0.15) is 5.92 Å². The Kier molecular flexibility index (Phi) is 6.96. The summed E-state index contributed by atoms with van der Waals surface area (Å²) in [6, 6.07) is 11.4. The minimum atomic E-state index is -0.788. The van der Waals surface area contributed by atoms with Gasteiger partial charge in [-0.1, -0.05) is 43.7 Å². The van der Waals surface area contributed by atoms with Crippen LogP contribution in [-0.4, -0.2) is 29.8 Å². The zero-order chi connectivity index (χ0) is 15.7. The third-order valence-corrected chi connectivity index (χ3v) is 3.18. The normalized spacial score (nSPS) is 11.4. The zero-order valence-corrected chi connectivity index (χ0v) is 12.3. The van der Waals surface area contributed by atoms with Gasteiger partial charge in [-0.15, -0.1) is 0 Å². The number of nitriles is 1. The summed E-state index contributed by atoms with van der Waals surface area (Å²) >= 11 is 0. The summed E-state index contributed by atoms with van der Waals surface area (Å²) in [6.07, 6.45) is 2.03. The summed E-state index contributed by atoms with van der Waals surface area (Å²) in [4.78, 5) is 24.9. The molecule has 0 saturated carbocycles. The second kappa shape index (κ2) is 8.75. The maximum absolute atomic E-state index is 12.4. The molecule has 0 bridgehead atoms. The molecule has 0 fully saturated rings. The summed E-state index contributed by atoms with van der Waals surface area (Å²) < 4.78 is 0. The molecule has 2 N–H and O–H groups in total. The summed E-state index contributed by atoms with van der Waals surface area (Å²) in [7, 11) is 0. The van der Waals surface area contributed by atoms with E-state index in [1.807, 2.05) is 43.3 Å². The van der Waals surface area contributed by atoms with Gasteiger partial charge in [0, 0.05) is 6.54 Å². The molecule has 1 unspecified atom stereocenters. The number of benzene rings is 1. The molecule has 1 rings (SSSR count). The average Bonchev–Trinajstić information content (AvgIpc) is 2.49. The molecule has 0 aliphatic heterocycles. The number of carbonyl (C=O) groups excluding carboxylic acids is 2. The third kappa shape index (κ3) is 5.65. The van der Waals surface area contributed by atoms with Crippen molar-refractivity contribution in [1.29, 1.82) is 5.26 Å². The second-order valence-corrected chi connectivity index (χ2v) is 4.95. The lowest BCUT2D eigenvalue weighted by molar-refractivity contribution is -0.137. The molecule has 2 amide bonds. The molecular weight excluding hydrogens is 266 g/mol. The summed E-state index contributed by atoms with van der Waals surface area (Å²) in [5.41, 5.74) is 6.10. The van der Waals surface area contributed by atoms with Crippen LogP contribution in [0.3, 0.4) is 0 Å². The minimum Gasteiger partial charge on any atom is -0.368 e. The zero-order valence-electron chi connectivity index (χ0n) is 12.3. The monoisotopic (exact) mass is 287 g/mol. The van der Waals surface area contributed by atoms with Crippen LogP contribution in [0.1, 0.15) is 25.3 Å². The molecule has 5 nitrogen and oxygen atoms in total. The van der Waals surface area contributed by atoms with Gasteiger partial charge in [0.2, 0.25) is 11.8 Å². The molecule has 0 heterocycles. The number of unbranched alkanes of at least 4 members (excludes halogenated alkanes) is 1. The lowest BCUT2D eigenvalue weighted by Crippen LogP contribution is -2.42. The van der Waals surface area contributed by atoms with Crippen LogP contribution in [-0.2, 0) is 16.0 Å². The van der Waals surface area contributed by atoms with Gasteiger partial charge in [0.25, 0.3) is 0 Å². The first kappa shape index (κ1) is 16.7. The van der Waals surface area contributed by atoms with Crippen molar-refractivity contribution >= 4 is 11.8 Å². The molecule has 1 aromatic rings. The molecular formula is C16H21N3O2. The van der Waals surface area contributed by atoms with E-state index in [-0.39, 0.29) is 12.5 Å². The van der Waals surface area contributed by atoms with E-state index < -0.39 is 11.8 Å². The summed E-state index contributed by atoms with van der Waals surface area (Å²) in [5.74, 6) is -1.67. The van der Waals surface area contributed by atoms with Crippen LogP contribution in [0.4, 0.5) is 0 Å². The molecule has 0 spiro atoms. The van der Waals surface area contributed by atoms with E-state index in [0.29, 0.717) is 13.0 Å². The first-order valence-corrected chi connectivity index (χ1v) is 7.09. The Morgan fingerprint density at radius 2 is 2.00 bits per heavy atom. The van der Waals surface area contributed by atoms with Gasteiger partial charge in [0.15, 0.2) is 0 Å². The number of hydrogen-bond donors (Lipinski definition) is 1.